The van der Waals surface area contributed by atoms with Crippen molar-refractivity contribution in [2.24, 2.45) is 0 Å². The summed E-state index contributed by atoms with van der Waals surface area (Å²) in [6.07, 6.45) is 0. The van der Waals surface area contributed by atoms with Gasteiger partial charge in [0.15, 0.2) is 0 Å². The molecule has 0 radical (unpaired) electrons. The molecule has 0 saturated heterocycles. The van der Waals surface area contributed by atoms with Crippen LogP contribution >= 0.6 is 0 Å². The third kappa shape index (κ3) is 4.71. The van der Waals surface area contributed by atoms with Crippen LogP contribution in [0, 0.1) is 0 Å². The second-order valence-electron chi connectivity index (χ2n) is 18.7. The van der Waals surface area contributed by atoms with Crippen molar-refractivity contribution in [2.75, 3.05) is 9.80 Å². The maximum atomic E-state index is 2.54. The standard InChI is InChI=1S/C66H42N2/c1-2-21-44(22-3-1)68-63-34-16-14-32-58(63)66(59-33-15-17-35-64(59)68)57-31-13-9-27-51(57)53-40-38-46(42-61(53)66)67(62-36-18-20-43-19-4-5-23-47(43)62)45-37-39-52-50-26-8-12-30-56(50)65(60(52)41-45)54-28-10-6-24-48(54)49-25-7-11-29-55(49)65/h1-42H. The highest BCUT2D eigenvalue weighted by Gasteiger charge is 2.53. The van der Waals surface area contributed by atoms with Crippen LogP contribution in [0.15, 0.2) is 255 Å². The number of nitrogens with zero attached hydrogens (tertiary/aromatic N) is 2. The molecule has 68 heavy (non-hydrogen) atoms. The van der Waals surface area contributed by atoms with Crippen LogP contribution in [0.3, 0.4) is 0 Å². The zero-order valence-electron chi connectivity index (χ0n) is 37.1. The molecule has 4 aliphatic rings. The zero-order valence-corrected chi connectivity index (χ0v) is 37.1. The number of para-hydroxylation sites is 3. The fourth-order valence-electron chi connectivity index (χ4n) is 13.1. The average molecular weight is 863 g/mol. The first-order chi connectivity index (χ1) is 33.8. The maximum Gasteiger partial charge on any atom is 0.0755 e. The van der Waals surface area contributed by atoms with Crippen molar-refractivity contribution >= 4 is 44.9 Å². The zero-order chi connectivity index (χ0) is 44.6. The second kappa shape index (κ2) is 13.9. The largest absolute Gasteiger partial charge is 0.310 e. The molecular weight excluding hydrogens is 821 g/mol. The van der Waals surface area contributed by atoms with E-state index >= 15 is 0 Å². The lowest BCUT2D eigenvalue weighted by molar-refractivity contribution is 0.752. The van der Waals surface area contributed by atoms with E-state index in [0.717, 1.165) is 22.7 Å². The minimum absolute atomic E-state index is 0.469. The Labute approximate surface area is 396 Å². The lowest BCUT2D eigenvalue weighted by Gasteiger charge is -2.45. The molecule has 0 unspecified atom stereocenters. The Balaban J connectivity index is 1.02. The smallest absolute Gasteiger partial charge is 0.0755 e. The lowest BCUT2D eigenvalue weighted by Crippen LogP contribution is -2.36. The number of hydrogen-bond donors (Lipinski definition) is 0. The highest BCUT2D eigenvalue weighted by molar-refractivity contribution is 6.02. The summed E-state index contributed by atoms with van der Waals surface area (Å²) in [7, 11) is 0. The molecule has 11 aromatic carbocycles. The molecule has 2 nitrogen and oxygen atoms in total. The molecule has 2 spiro atoms. The van der Waals surface area contributed by atoms with Gasteiger partial charge in [0, 0.05) is 22.4 Å². The van der Waals surface area contributed by atoms with E-state index in [1.165, 1.54) is 100 Å². The van der Waals surface area contributed by atoms with Crippen molar-refractivity contribution in [3.63, 3.8) is 0 Å². The molecule has 0 amide bonds. The second-order valence-corrected chi connectivity index (χ2v) is 18.7. The highest BCUT2D eigenvalue weighted by atomic mass is 15.2. The van der Waals surface area contributed by atoms with Gasteiger partial charge in [-0.05, 0) is 138 Å². The van der Waals surface area contributed by atoms with Gasteiger partial charge < -0.3 is 9.80 Å². The van der Waals surface area contributed by atoms with E-state index in [1.807, 2.05) is 0 Å². The summed E-state index contributed by atoms with van der Waals surface area (Å²) in [6, 6.07) is 95.6. The first-order valence-corrected chi connectivity index (χ1v) is 23.8. The van der Waals surface area contributed by atoms with Gasteiger partial charge >= 0.3 is 0 Å². The van der Waals surface area contributed by atoms with Crippen molar-refractivity contribution in [3.8, 4) is 33.4 Å². The Kier molecular flexibility index (Phi) is 7.67. The number of fused-ring (bicyclic) bond motifs is 20. The molecule has 0 saturated carbocycles. The van der Waals surface area contributed by atoms with Crippen molar-refractivity contribution in [2.45, 2.75) is 10.8 Å². The summed E-state index contributed by atoms with van der Waals surface area (Å²) in [5, 5.41) is 2.41. The fraction of sp³-hybridized carbons (Fsp3) is 0.0303. The first kappa shape index (κ1) is 37.5. The van der Waals surface area contributed by atoms with Crippen LogP contribution in [0.2, 0.25) is 0 Å². The summed E-state index contributed by atoms with van der Waals surface area (Å²) < 4.78 is 0. The normalized spacial score (nSPS) is 14.4. The van der Waals surface area contributed by atoms with Crippen LogP contribution < -0.4 is 9.80 Å². The van der Waals surface area contributed by atoms with E-state index in [4.69, 9.17) is 0 Å². The molecule has 0 aromatic heterocycles. The van der Waals surface area contributed by atoms with Gasteiger partial charge in [0.05, 0.1) is 27.9 Å². The molecule has 0 fully saturated rings. The number of hydrogen-bond acceptors (Lipinski definition) is 2. The van der Waals surface area contributed by atoms with Crippen molar-refractivity contribution < 1.29 is 0 Å². The van der Waals surface area contributed by atoms with E-state index in [9.17, 15) is 0 Å². The fourth-order valence-corrected chi connectivity index (χ4v) is 13.1. The monoisotopic (exact) mass is 862 g/mol. The molecule has 0 atom stereocenters. The van der Waals surface area contributed by atoms with Crippen molar-refractivity contribution in [3.05, 3.63) is 299 Å². The highest BCUT2D eigenvalue weighted by Crippen LogP contribution is 2.66. The van der Waals surface area contributed by atoms with E-state index in [1.54, 1.807) is 0 Å². The average Bonchev–Trinajstić information content (AvgIpc) is 3.99. The number of benzene rings is 11. The van der Waals surface area contributed by atoms with Crippen LogP contribution in [-0.4, -0.2) is 0 Å². The van der Waals surface area contributed by atoms with Gasteiger partial charge in [-0.25, -0.2) is 0 Å². The maximum absolute atomic E-state index is 2.54. The summed E-state index contributed by atoms with van der Waals surface area (Å²) >= 11 is 0. The van der Waals surface area contributed by atoms with Gasteiger partial charge in [-0.2, -0.15) is 0 Å². The first-order valence-electron chi connectivity index (χ1n) is 23.8. The van der Waals surface area contributed by atoms with Crippen molar-refractivity contribution in [1.82, 2.24) is 0 Å². The molecule has 15 rings (SSSR count). The number of rotatable bonds is 4. The molecular formula is C66H42N2. The number of anilines is 6. The summed E-state index contributed by atoms with van der Waals surface area (Å²) in [6.45, 7) is 0. The Morgan fingerprint density at radius 3 is 1.18 bits per heavy atom. The Bertz CT molecular complexity index is 3780. The van der Waals surface area contributed by atoms with Gasteiger partial charge in [0.1, 0.15) is 0 Å². The lowest BCUT2D eigenvalue weighted by atomic mass is 9.64. The van der Waals surface area contributed by atoms with Crippen LogP contribution in [0.4, 0.5) is 34.1 Å². The Hall–Kier alpha value is -8.72. The Morgan fingerprint density at radius 1 is 0.279 bits per heavy atom. The van der Waals surface area contributed by atoms with Crippen LogP contribution in [0.5, 0.6) is 0 Å². The molecule has 1 heterocycles. The summed E-state index contributed by atoms with van der Waals surface area (Å²) in [5.74, 6) is 0. The van der Waals surface area contributed by atoms with Crippen LogP contribution in [-0.2, 0) is 10.8 Å². The van der Waals surface area contributed by atoms with Gasteiger partial charge in [-0.3, -0.25) is 0 Å². The quantitative estimate of drug-likeness (QED) is 0.174. The third-order valence-electron chi connectivity index (χ3n) is 15.6. The van der Waals surface area contributed by atoms with E-state index in [2.05, 4.69) is 265 Å². The van der Waals surface area contributed by atoms with E-state index in [0.29, 0.717) is 0 Å². The molecule has 2 heteroatoms. The summed E-state index contributed by atoms with van der Waals surface area (Å²) in [4.78, 5) is 5.00. The molecule has 3 aliphatic carbocycles. The minimum atomic E-state index is -0.592. The van der Waals surface area contributed by atoms with Crippen LogP contribution in [0.1, 0.15) is 44.5 Å². The van der Waals surface area contributed by atoms with Gasteiger partial charge in [0.25, 0.3) is 0 Å². The van der Waals surface area contributed by atoms with Crippen molar-refractivity contribution in [1.29, 1.82) is 0 Å². The molecule has 1 aliphatic heterocycles. The third-order valence-corrected chi connectivity index (χ3v) is 15.6. The van der Waals surface area contributed by atoms with E-state index in [-0.39, 0.29) is 0 Å². The molecule has 316 valence electrons. The van der Waals surface area contributed by atoms with Crippen LogP contribution in [0.25, 0.3) is 44.2 Å². The Morgan fingerprint density at radius 2 is 0.662 bits per heavy atom. The summed E-state index contributed by atoms with van der Waals surface area (Å²) in [5.41, 5.74) is 24.1. The minimum Gasteiger partial charge on any atom is -0.310 e. The predicted octanol–water partition coefficient (Wildman–Crippen LogP) is 16.8. The van der Waals surface area contributed by atoms with Gasteiger partial charge in [0.2, 0.25) is 0 Å². The topological polar surface area (TPSA) is 6.48 Å². The molecule has 11 aromatic rings. The van der Waals surface area contributed by atoms with E-state index < -0.39 is 10.8 Å². The molecule has 0 bridgehead atoms. The van der Waals surface area contributed by atoms with Gasteiger partial charge in [-0.1, -0.05) is 200 Å². The van der Waals surface area contributed by atoms with Gasteiger partial charge in [-0.15, -0.1) is 0 Å². The molecule has 0 N–H and O–H groups in total. The predicted molar refractivity (Wildman–Crippen MR) is 280 cm³/mol. The SMILES string of the molecule is c1ccc(N2c3ccccc3C3(c4ccccc4-c4ccc(N(c5ccc6c(c5)C5(c7ccccc7-c7ccccc75)c5ccccc5-6)c5cccc6ccccc56)cc43)c3ccccc32)cc1.